The van der Waals surface area contributed by atoms with Gasteiger partial charge in [-0.1, -0.05) is 12.1 Å². The number of nitro groups is 1. The third-order valence-electron chi connectivity index (χ3n) is 8.09. The van der Waals surface area contributed by atoms with Crippen molar-refractivity contribution in [2.75, 3.05) is 41.0 Å². The van der Waals surface area contributed by atoms with Crippen LogP contribution < -0.4 is 19.5 Å². The Hall–Kier alpha value is -5.17. The van der Waals surface area contributed by atoms with Crippen LogP contribution in [0.15, 0.2) is 42.5 Å². The van der Waals surface area contributed by atoms with Gasteiger partial charge in [0.25, 0.3) is 5.91 Å². The van der Waals surface area contributed by atoms with Crippen molar-refractivity contribution in [3.63, 3.8) is 0 Å². The molecule has 2 heterocycles. The Kier molecular flexibility index (Phi) is 8.64. The second-order valence-electron chi connectivity index (χ2n) is 11.2. The lowest BCUT2D eigenvalue weighted by atomic mass is 9.76. The number of amides is 2. The number of H-pyrrole nitrogens is 1. The molecule has 0 spiro atoms. The number of nitrogens with zero attached hydrogens (tertiary/aromatic N) is 3. The molecule has 1 aromatic heterocycles. The number of imidazole rings is 1. The van der Waals surface area contributed by atoms with Crippen molar-refractivity contribution in [2.45, 2.75) is 32.1 Å². The molecule has 2 amide bonds. The number of carbonyl (C=O) groups is 2. The largest absolute Gasteiger partial charge is 0.500 e. The van der Waals surface area contributed by atoms with Gasteiger partial charge in [-0.05, 0) is 75.2 Å². The van der Waals surface area contributed by atoms with Gasteiger partial charge in [-0.15, -0.1) is 0 Å². The van der Waals surface area contributed by atoms with Crippen molar-refractivity contribution in [1.29, 1.82) is 0 Å². The van der Waals surface area contributed by atoms with E-state index in [1.165, 1.54) is 24.1 Å². The number of fused-ring (bicyclic) bond motifs is 3. The van der Waals surface area contributed by atoms with Gasteiger partial charge in [-0.25, -0.2) is 4.98 Å². The van der Waals surface area contributed by atoms with E-state index in [9.17, 15) is 24.8 Å². The van der Waals surface area contributed by atoms with E-state index in [0.29, 0.717) is 53.2 Å². The number of rotatable bonds is 12. The van der Waals surface area contributed by atoms with Crippen LogP contribution >= 0.6 is 0 Å². The van der Waals surface area contributed by atoms with Gasteiger partial charge in [0.05, 0.1) is 42.7 Å². The molecule has 236 valence electrons. The normalized spacial score (nSPS) is 14.0. The number of hydrogen-bond acceptors (Lipinski definition) is 10. The summed E-state index contributed by atoms with van der Waals surface area (Å²) in [5, 5.41) is 25.1. The Morgan fingerprint density at radius 2 is 1.73 bits per heavy atom. The molecule has 1 aliphatic heterocycles. The van der Waals surface area contributed by atoms with E-state index in [4.69, 9.17) is 14.2 Å². The molecule has 13 nitrogen and oxygen atoms in total. The number of hydrogen-bond donors (Lipinski definition) is 3. The first kappa shape index (κ1) is 31.3. The summed E-state index contributed by atoms with van der Waals surface area (Å²) in [5.41, 5.74) is 1.58. The van der Waals surface area contributed by atoms with Crippen LogP contribution in [0.3, 0.4) is 0 Å². The molecule has 0 fully saturated rings. The number of nitrogens with one attached hydrogen (secondary N) is 2. The van der Waals surface area contributed by atoms with Gasteiger partial charge in [-0.3, -0.25) is 24.6 Å². The first-order valence-electron chi connectivity index (χ1n) is 14.4. The van der Waals surface area contributed by atoms with Crippen LogP contribution in [0, 0.1) is 10.1 Å². The summed E-state index contributed by atoms with van der Waals surface area (Å²) < 4.78 is 15.8. The maximum atomic E-state index is 13.8. The van der Waals surface area contributed by atoms with Gasteiger partial charge in [0.2, 0.25) is 11.7 Å². The van der Waals surface area contributed by atoms with Gasteiger partial charge < -0.3 is 29.6 Å². The third-order valence-corrected chi connectivity index (χ3v) is 8.09. The number of aromatic nitrogens is 2. The summed E-state index contributed by atoms with van der Waals surface area (Å²) in [6.45, 7) is 5.07. The molecule has 0 radical (unpaired) electrons. The number of nitro benzene ring substituents is 1. The number of aromatic amines is 1. The number of phenolic OH excluding ortho intramolecular Hbond substituents is 1. The van der Waals surface area contributed by atoms with Crippen molar-refractivity contribution >= 4 is 28.5 Å². The Labute approximate surface area is 259 Å². The number of phenols is 1. The molecule has 0 unspecified atom stereocenters. The van der Waals surface area contributed by atoms with Gasteiger partial charge in [0, 0.05) is 18.2 Å². The van der Waals surface area contributed by atoms with Crippen molar-refractivity contribution in [3.8, 4) is 34.4 Å². The summed E-state index contributed by atoms with van der Waals surface area (Å²) >= 11 is 0. The monoisotopic (exact) mass is 617 g/mol. The topological polar surface area (TPSA) is 169 Å². The summed E-state index contributed by atoms with van der Waals surface area (Å²) in [6.07, 6.45) is 1.31. The first-order valence-corrected chi connectivity index (χ1v) is 14.4. The summed E-state index contributed by atoms with van der Waals surface area (Å²) in [7, 11) is 4.48. The minimum absolute atomic E-state index is 0.0898. The highest BCUT2D eigenvalue weighted by Gasteiger charge is 2.45. The number of ether oxygens (including phenoxy) is 3. The predicted molar refractivity (Wildman–Crippen MR) is 166 cm³/mol. The Bertz CT molecular complexity index is 1800. The lowest BCUT2D eigenvalue weighted by Gasteiger charge is -2.37. The molecule has 0 atom stereocenters. The minimum Gasteiger partial charge on any atom is -0.500 e. The number of carbonyl (C=O) groups excluding carboxylic acids is 2. The SMILES string of the molecule is COc1ccc(CCNCCCN2C(=O)c3c(ccc4[nH]c(-c5cc(OC)c(O)c([N+](=O)[O-])c5)nc34)C(C)(C)C2=O)cc1OC. The lowest BCUT2D eigenvalue weighted by molar-refractivity contribution is -0.385. The molecule has 4 aromatic rings. The fraction of sp³-hybridized carbons (Fsp3) is 0.344. The fourth-order valence-electron chi connectivity index (χ4n) is 5.61. The molecule has 0 saturated carbocycles. The van der Waals surface area contributed by atoms with Crippen LogP contribution in [-0.2, 0) is 16.6 Å². The second kappa shape index (κ2) is 12.4. The average molecular weight is 618 g/mol. The maximum absolute atomic E-state index is 13.8. The Balaban J connectivity index is 1.34. The minimum atomic E-state index is -0.988. The van der Waals surface area contributed by atoms with Gasteiger partial charge in [0.1, 0.15) is 11.3 Å². The molecule has 0 saturated heterocycles. The lowest BCUT2D eigenvalue weighted by Crippen LogP contribution is -2.52. The van der Waals surface area contributed by atoms with Crippen molar-refractivity contribution in [1.82, 2.24) is 20.2 Å². The summed E-state index contributed by atoms with van der Waals surface area (Å²) in [4.78, 5) is 47.2. The standard InChI is InChI=1S/C32H35N5O8/c1-32(2)20-8-9-21-27(35-29(34-21)19-16-22(37(41)42)28(38)25(17-19)45-5)26(20)30(39)36(31(32)40)14-6-12-33-13-11-18-7-10-23(43-3)24(15-18)44-4/h7-10,15-17,33,38H,6,11-14H2,1-5H3,(H,34,35). The molecule has 5 rings (SSSR count). The Morgan fingerprint density at radius 1 is 1.00 bits per heavy atom. The zero-order valence-electron chi connectivity index (χ0n) is 25.7. The molecule has 0 bridgehead atoms. The summed E-state index contributed by atoms with van der Waals surface area (Å²) in [6, 6.07) is 11.9. The van der Waals surface area contributed by atoms with E-state index < -0.39 is 27.7 Å². The van der Waals surface area contributed by atoms with Crippen LogP contribution in [0.25, 0.3) is 22.4 Å². The molecule has 0 aliphatic carbocycles. The first-order chi connectivity index (χ1) is 21.5. The quantitative estimate of drug-likeness (QED) is 0.0899. The second-order valence-corrected chi connectivity index (χ2v) is 11.2. The van der Waals surface area contributed by atoms with Crippen molar-refractivity contribution in [2.24, 2.45) is 0 Å². The highest BCUT2D eigenvalue weighted by Crippen LogP contribution is 2.41. The van der Waals surface area contributed by atoms with E-state index in [1.807, 2.05) is 18.2 Å². The number of benzene rings is 3. The molecule has 45 heavy (non-hydrogen) atoms. The smallest absolute Gasteiger partial charge is 0.315 e. The van der Waals surface area contributed by atoms with Gasteiger partial charge in [0.15, 0.2) is 17.2 Å². The van der Waals surface area contributed by atoms with Crippen LogP contribution in [0.2, 0.25) is 0 Å². The third kappa shape index (κ3) is 5.74. The average Bonchev–Trinajstić information content (AvgIpc) is 3.47. The van der Waals surface area contributed by atoms with Gasteiger partial charge >= 0.3 is 5.69 Å². The maximum Gasteiger partial charge on any atom is 0.315 e. The molecular weight excluding hydrogens is 582 g/mol. The molecule has 3 aromatic carbocycles. The molecule has 3 N–H and O–H groups in total. The number of imide groups is 1. The zero-order valence-corrected chi connectivity index (χ0v) is 25.7. The van der Waals surface area contributed by atoms with Crippen LogP contribution in [0.4, 0.5) is 5.69 Å². The Morgan fingerprint density at radius 3 is 2.42 bits per heavy atom. The summed E-state index contributed by atoms with van der Waals surface area (Å²) in [5.74, 6) is 0.156. The van der Waals surface area contributed by atoms with Crippen LogP contribution in [-0.4, -0.2) is 77.7 Å². The predicted octanol–water partition coefficient (Wildman–Crippen LogP) is 4.35. The highest BCUT2D eigenvalue weighted by atomic mass is 16.6. The molecule has 1 aliphatic rings. The van der Waals surface area contributed by atoms with Crippen molar-refractivity contribution < 1.29 is 33.8 Å². The number of aromatic hydroxyl groups is 1. The van der Waals surface area contributed by atoms with Gasteiger partial charge in [-0.2, -0.15) is 0 Å². The van der Waals surface area contributed by atoms with E-state index in [-0.39, 0.29) is 29.6 Å². The fourth-order valence-corrected chi connectivity index (χ4v) is 5.61. The van der Waals surface area contributed by atoms with Crippen LogP contribution in [0.1, 0.15) is 41.8 Å². The molecule has 13 heteroatoms. The highest BCUT2D eigenvalue weighted by molar-refractivity contribution is 6.18. The van der Waals surface area contributed by atoms with Crippen molar-refractivity contribution in [3.05, 3.63) is 69.3 Å². The van der Waals surface area contributed by atoms with E-state index in [2.05, 4.69) is 15.3 Å². The van der Waals surface area contributed by atoms with E-state index in [0.717, 1.165) is 12.0 Å². The van der Waals surface area contributed by atoms with Crippen LogP contribution in [0.5, 0.6) is 23.0 Å². The zero-order chi connectivity index (χ0) is 32.5. The van der Waals surface area contributed by atoms with E-state index >= 15 is 0 Å². The molecular formula is C32H35N5O8. The van der Waals surface area contributed by atoms with E-state index in [1.54, 1.807) is 40.2 Å². The number of methoxy groups -OCH3 is 3.